The number of pyridine rings is 1. The van der Waals surface area contributed by atoms with Crippen molar-refractivity contribution in [2.45, 2.75) is 19.4 Å². The molecule has 1 atom stereocenters. The van der Waals surface area contributed by atoms with Crippen molar-refractivity contribution >= 4 is 32.5 Å². The summed E-state index contributed by atoms with van der Waals surface area (Å²) in [6.07, 6.45) is 0.475. The standard InChI is InChI=1S/C25H24N4O4S/c1-16-23-21(25(30)26-18-8-10-20(33-2)11-9-18)14-22(17-6-4-3-5-7-17)27-24(23)29(28-16)19-12-13-34(31,32)15-19/h3-11,14,19H,12-13,15H2,1-2H3,(H,26,30)/t19-/m1/s1. The van der Waals surface area contributed by atoms with Crippen molar-refractivity contribution in [2.75, 3.05) is 23.9 Å². The van der Waals surface area contributed by atoms with Gasteiger partial charge in [-0.1, -0.05) is 30.3 Å². The number of aryl methyl sites for hydroxylation is 1. The Hall–Kier alpha value is -3.72. The van der Waals surface area contributed by atoms with E-state index in [1.54, 1.807) is 42.1 Å². The van der Waals surface area contributed by atoms with E-state index in [0.29, 0.717) is 45.8 Å². The van der Waals surface area contributed by atoms with Crippen LogP contribution in [0.2, 0.25) is 0 Å². The Kier molecular flexibility index (Phi) is 5.57. The third-order valence-corrected chi connectivity index (χ3v) is 7.80. The molecule has 1 N–H and O–H groups in total. The average Bonchev–Trinajstić information content (AvgIpc) is 3.38. The van der Waals surface area contributed by atoms with Crippen LogP contribution in [0.3, 0.4) is 0 Å². The fraction of sp³-hybridized carbons (Fsp3) is 0.240. The molecular weight excluding hydrogens is 452 g/mol. The Morgan fingerprint density at radius 3 is 2.50 bits per heavy atom. The molecule has 0 spiro atoms. The molecule has 1 aliphatic rings. The van der Waals surface area contributed by atoms with Crippen LogP contribution in [0.5, 0.6) is 5.75 Å². The highest BCUT2D eigenvalue weighted by Gasteiger charge is 2.32. The van der Waals surface area contributed by atoms with Crippen LogP contribution in [0.25, 0.3) is 22.3 Å². The minimum atomic E-state index is -3.12. The van der Waals surface area contributed by atoms with Crippen LogP contribution in [0.4, 0.5) is 5.69 Å². The van der Waals surface area contributed by atoms with E-state index in [1.165, 1.54) is 0 Å². The lowest BCUT2D eigenvalue weighted by Crippen LogP contribution is -2.15. The first-order valence-corrected chi connectivity index (χ1v) is 12.8. The van der Waals surface area contributed by atoms with Gasteiger partial charge in [0, 0.05) is 11.3 Å². The molecular formula is C25H24N4O4S. The minimum absolute atomic E-state index is 0.0217. The number of anilines is 1. The summed E-state index contributed by atoms with van der Waals surface area (Å²) in [7, 11) is -1.53. The maximum atomic E-state index is 13.4. The number of amides is 1. The molecule has 0 radical (unpaired) electrons. The van der Waals surface area contributed by atoms with Gasteiger partial charge in [-0.3, -0.25) is 4.79 Å². The summed E-state index contributed by atoms with van der Waals surface area (Å²) in [5, 5.41) is 8.20. The molecule has 1 fully saturated rings. The van der Waals surface area contributed by atoms with E-state index in [9.17, 15) is 13.2 Å². The van der Waals surface area contributed by atoms with Crippen LogP contribution in [-0.2, 0) is 9.84 Å². The molecule has 0 saturated carbocycles. The summed E-state index contributed by atoms with van der Waals surface area (Å²) in [6.45, 7) is 1.82. The van der Waals surface area contributed by atoms with Crippen LogP contribution in [0, 0.1) is 6.92 Å². The average molecular weight is 477 g/mol. The van der Waals surface area contributed by atoms with E-state index in [0.717, 1.165) is 5.56 Å². The molecule has 0 aliphatic carbocycles. The van der Waals surface area contributed by atoms with E-state index in [2.05, 4.69) is 10.4 Å². The van der Waals surface area contributed by atoms with Crippen molar-refractivity contribution < 1.29 is 17.9 Å². The topological polar surface area (TPSA) is 103 Å². The summed E-state index contributed by atoms with van der Waals surface area (Å²) >= 11 is 0. The molecule has 174 valence electrons. The monoisotopic (exact) mass is 476 g/mol. The number of hydrogen-bond donors (Lipinski definition) is 1. The maximum absolute atomic E-state index is 13.4. The maximum Gasteiger partial charge on any atom is 0.256 e. The summed E-state index contributed by atoms with van der Waals surface area (Å²) in [6, 6.07) is 18.1. The summed E-state index contributed by atoms with van der Waals surface area (Å²) in [5.74, 6) is 0.547. The quantitative estimate of drug-likeness (QED) is 0.467. The molecule has 1 aliphatic heterocycles. The van der Waals surface area contributed by atoms with E-state index in [-0.39, 0.29) is 23.5 Å². The molecule has 0 unspecified atom stereocenters. The van der Waals surface area contributed by atoms with E-state index >= 15 is 0 Å². The molecule has 5 rings (SSSR count). The zero-order chi connectivity index (χ0) is 23.9. The number of fused-ring (bicyclic) bond motifs is 1. The first-order chi connectivity index (χ1) is 16.3. The van der Waals surface area contributed by atoms with E-state index in [4.69, 9.17) is 9.72 Å². The second-order valence-corrected chi connectivity index (χ2v) is 10.6. The van der Waals surface area contributed by atoms with Crippen LogP contribution in [-0.4, -0.2) is 47.7 Å². The lowest BCUT2D eigenvalue weighted by atomic mass is 10.0. The van der Waals surface area contributed by atoms with Gasteiger partial charge in [-0.05, 0) is 43.7 Å². The number of rotatable bonds is 5. The van der Waals surface area contributed by atoms with E-state index < -0.39 is 9.84 Å². The number of sulfone groups is 1. The molecule has 9 heteroatoms. The summed E-state index contributed by atoms with van der Waals surface area (Å²) in [5.41, 5.74) is 3.68. The SMILES string of the molecule is COc1ccc(NC(=O)c2cc(-c3ccccc3)nc3c2c(C)nn3[C@@H]2CCS(=O)(=O)C2)cc1. The second-order valence-electron chi connectivity index (χ2n) is 8.39. The normalized spacial score (nSPS) is 17.1. The zero-order valence-corrected chi connectivity index (χ0v) is 19.7. The molecule has 2 aromatic carbocycles. The highest BCUT2D eigenvalue weighted by atomic mass is 32.2. The van der Waals surface area contributed by atoms with Gasteiger partial charge >= 0.3 is 0 Å². The molecule has 4 aromatic rings. The Bertz CT molecular complexity index is 1480. The number of carbonyl (C=O) groups is 1. The number of nitrogens with zero attached hydrogens (tertiary/aromatic N) is 3. The predicted molar refractivity (Wildman–Crippen MR) is 131 cm³/mol. The third kappa shape index (κ3) is 4.14. The smallest absolute Gasteiger partial charge is 0.256 e. The number of methoxy groups -OCH3 is 1. The first-order valence-electron chi connectivity index (χ1n) is 11.0. The Balaban J connectivity index is 1.64. The van der Waals surface area contributed by atoms with Crippen LogP contribution >= 0.6 is 0 Å². The molecule has 34 heavy (non-hydrogen) atoms. The van der Waals surface area contributed by atoms with Gasteiger partial charge in [0.05, 0.1) is 47.0 Å². The number of aromatic nitrogens is 3. The number of carbonyl (C=O) groups excluding carboxylic acids is 1. The molecule has 8 nitrogen and oxygen atoms in total. The predicted octanol–water partition coefficient (Wildman–Crippen LogP) is 4.03. The van der Waals surface area contributed by atoms with Gasteiger partial charge in [0.1, 0.15) is 5.75 Å². The number of ether oxygens (including phenoxy) is 1. The molecule has 1 amide bonds. The lowest BCUT2D eigenvalue weighted by Gasteiger charge is -2.12. The van der Waals surface area contributed by atoms with Crippen molar-refractivity contribution in [3.63, 3.8) is 0 Å². The summed E-state index contributed by atoms with van der Waals surface area (Å²) in [4.78, 5) is 18.3. The van der Waals surface area contributed by atoms with Crippen molar-refractivity contribution in [3.05, 3.63) is 71.9 Å². The van der Waals surface area contributed by atoms with Crippen LogP contribution in [0.15, 0.2) is 60.7 Å². The van der Waals surface area contributed by atoms with Gasteiger partial charge in [0.25, 0.3) is 5.91 Å². The fourth-order valence-electron chi connectivity index (χ4n) is 4.34. The van der Waals surface area contributed by atoms with Crippen LogP contribution < -0.4 is 10.1 Å². The van der Waals surface area contributed by atoms with Gasteiger partial charge in [-0.25, -0.2) is 18.1 Å². The second kappa shape index (κ2) is 8.57. The highest BCUT2D eigenvalue weighted by molar-refractivity contribution is 7.91. The largest absolute Gasteiger partial charge is 0.497 e. The van der Waals surface area contributed by atoms with Crippen molar-refractivity contribution in [1.82, 2.24) is 14.8 Å². The molecule has 1 saturated heterocycles. The Morgan fingerprint density at radius 2 is 1.85 bits per heavy atom. The van der Waals surface area contributed by atoms with Crippen LogP contribution in [0.1, 0.15) is 28.5 Å². The number of hydrogen-bond acceptors (Lipinski definition) is 6. The number of benzene rings is 2. The zero-order valence-electron chi connectivity index (χ0n) is 18.9. The first kappa shape index (κ1) is 22.1. The number of nitrogens with one attached hydrogen (secondary N) is 1. The Labute approximate surface area is 197 Å². The van der Waals surface area contributed by atoms with Gasteiger partial charge in [0.15, 0.2) is 15.5 Å². The van der Waals surface area contributed by atoms with Gasteiger partial charge in [-0.15, -0.1) is 0 Å². The van der Waals surface area contributed by atoms with Crippen molar-refractivity contribution in [1.29, 1.82) is 0 Å². The summed E-state index contributed by atoms with van der Waals surface area (Å²) < 4.78 is 31.1. The van der Waals surface area contributed by atoms with E-state index in [1.807, 2.05) is 37.3 Å². The van der Waals surface area contributed by atoms with Crippen molar-refractivity contribution in [3.8, 4) is 17.0 Å². The highest BCUT2D eigenvalue weighted by Crippen LogP contribution is 2.32. The Morgan fingerprint density at radius 1 is 1.12 bits per heavy atom. The van der Waals surface area contributed by atoms with Crippen molar-refractivity contribution in [2.24, 2.45) is 0 Å². The lowest BCUT2D eigenvalue weighted by molar-refractivity contribution is 0.102. The third-order valence-electron chi connectivity index (χ3n) is 6.05. The minimum Gasteiger partial charge on any atom is -0.497 e. The van der Waals surface area contributed by atoms with Gasteiger partial charge in [0.2, 0.25) is 0 Å². The van der Waals surface area contributed by atoms with Gasteiger partial charge in [-0.2, -0.15) is 5.10 Å². The fourth-order valence-corrected chi connectivity index (χ4v) is 6.04. The molecule has 2 aromatic heterocycles. The molecule has 3 heterocycles. The molecule has 0 bridgehead atoms. The van der Waals surface area contributed by atoms with Gasteiger partial charge < -0.3 is 10.1 Å².